The lowest BCUT2D eigenvalue weighted by Gasteiger charge is -2.17. The van der Waals surface area contributed by atoms with Gasteiger partial charge in [0, 0.05) is 19.6 Å². The molecule has 0 saturated heterocycles. The molecule has 0 saturated carbocycles. The zero-order valence-corrected chi connectivity index (χ0v) is 7.46. The number of hydrogen-bond donors (Lipinski definition) is 2. The third kappa shape index (κ3) is 1.27. The molecule has 0 bridgehead atoms. The number of carboxylic acid groups (broad SMARTS) is 1. The predicted molar refractivity (Wildman–Crippen MR) is 45.7 cm³/mol. The molecule has 5 nitrogen and oxygen atoms in total. The molecule has 6 heteroatoms. The van der Waals surface area contributed by atoms with E-state index in [4.69, 9.17) is 5.11 Å². The Bertz CT molecular complexity index is 375. The van der Waals surface area contributed by atoms with Crippen molar-refractivity contribution in [2.75, 3.05) is 6.54 Å². The standard InChI is InChI=1S/C8H10FN3O2/c9-3-6-11-7(8(13)14)5-4-10-1-2-12(5)6/h10H,1-4H2,(H,13,14). The number of rotatable bonds is 2. The summed E-state index contributed by atoms with van der Waals surface area (Å²) in [6, 6.07) is 0. The molecule has 0 atom stereocenters. The first kappa shape index (κ1) is 9.14. The van der Waals surface area contributed by atoms with Gasteiger partial charge < -0.3 is 15.0 Å². The van der Waals surface area contributed by atoms with Gasteiger partial charge >= 0.3 is 5.97 Å². The number of aromatic nitrogens is 2. The van der Waals surface area contributed by atoms with Crippen LogP contribution >= 0.6 is 0 Å². The highest BCUT2D eigenvalue weighted by atomic mass is 19.1. The van der Waals surface area contributed by atoms with Crippen LogP contribution in [0.1, 0.15) is 22.0 Å². The average molecular weight is 199 g/mol. The number of fused-ring (bicyclic) bond motifs is 1. The van der Waals surface area contributed by atoms with Gasteiger partial charge in [0.25, 0.3) is 0 Å². The van der Waals surface area contributed by atoms with Crippen LogP contribution in [-0.4, -0.2) is 27.2 Å². The van der Waals surface area contributed by atoms with Gasteiger partial charge in [-0.2, -0.15) is 0 Å². The van der Waals surface area contributed by atoms with E-state index in [-0.39, 0.29) is 11.5 Å². The minimum absolute atomic E-state index is 0.0372. The number of nitrogens with one attached hydrogen (secondary N) is 1. The van der Waals surface area contributed by atoms with Crippen molar-refractivity contribution in [3.05, 3.63) is 17.2 Å². The highest BCUT2D eigenvalue weighted by molar-refractivity contribution is 5.86. The molecule has 1 aliphatic heterocycles. The van der Waals surface area contributed by atoms with Crippen molar-refractivity contribution >= 4 is 5.97 Å². The van der Waals surface area contributed by atoms with E-state index in [2.05, 4.69) is 10.3 Å². The number of carboxylic acids is 1. The Hall–Kier alpha value is -1.43. The summed E-state index contributed by atoms with van der Waals surface area (Å²) in [4.78, 5) is 14.5. The predicted octanol–water partition coefficient (Wildman–Crippen LogP) is 0.154. The monoisotopic (exact) mass is 199 g/mol. The van der Waals surface area contributed by atoms with Gasteiger partial charge in [-0.05, 0) is 0 Å². The molecule has 2 rings (SSSR count). The molecule has 2 heterocycles. The van der Waals surface area contributed by atoms with Gasteiger partial charge in [-0.25, -0.2) is 14.2 Å². The molecule has 0 fully saturated rings. The number of hydrogen-bond acceptors (Lipinski definition) is 3. The van der Waals surface area contributed by atoms with Crippen LogP contribution in [0, 0.1) is 0 Å². The quantitative estimate of drug-likeness (QED) is 0.711. The van der Waals surface area contributed by atoms with Crippen LogP contribution in [0.15, 0.2) is 0 Å². The molecule has 0 radical (unpaired) electrons. The molecule has 1 aliphatic rings. The van der Waals surface area contributed by atoms with Crippen molar-refractivity contribution in [1.29, 1.82) is 0 Å². The molecular weight excluding hydrogens is 189 g/mol. The molecule has 76 valence electrons. The smallest absolute Gasteiger partial charge is 0.356 e. The SMILES string of the molecule is O=C(O)c1nc(CF)n2c1CNCC2. The van der Waals surface area contributed by atoms with Crippen molar-refractivity contribution in [1.82, 2.24) is 14.9 Å². The van der Waals surface area contributed by atoms with Crippen molar-refractivity contribution < 1.29 is 14.3 Å². The van der Waals surface area contributed by atoms with Crippen LogP contribution in [0.5, 0.6) is 0 Å². The number of carbonyl (C=O) groups is 1. The highest BCUT2D eigenvalue weighted by Gasteiger charge is 2.23. The van der Waals surface area contributed by atoms with Gasteiger partial charge in [-0.1, -0.05) is 0 Å². The Morgan fingerprint density at radius 3 is 3.14 bits per heavy atom. The first-order valence-electron chi connectivity index (χ1n) is 4.32. The summed E-state index contributed by atoms with van der Waals surface area (Å²) in [5.41, 5.74) is 0.529. The molecule has 0 unspecified atom stereocenters. The molecule has 0 amide bonds. The average Bonchev–Trinajstić information content (AvgIpc) is 2.56. The van der Waals surface area contributed by atoms with E-state index in [1.165, 1.54) is 0 Å². The van der Waals surface area contributed by atoms with Crippen molar-refractivity contribution in [2.24, 2.45) is 0 Å². The van der Waals surface area contributed by atoms with E-state index in [9.17, 15) is 9.18 Å². The van der Waals surface area contributed by atoms with Gasteiger partial charge in [0.1, 0.15) is 12.5 Å². The van der Waals surface area contributed by atoms with Crippen LogP contribution in [0.3, 0.4) is 0 Å². The Labute approximate surface area is 79.6 Å². The van der Waals surface area contributed by atoms with Crippen LogP contribution in [0.25, 0.3) is 0 Å². The van der Waals surface area contributed by atoms with Crippen LogP contribution < -0.4 is 5.32 Å². The normalized spacial score (nSPS) is 15.2. The fourth-order valence-corrected chi connectivity index (χ4v) is 1.65. The molecule has 1 aromatic rings. The Morgan fingerprint density at radius 1 is 1.71 bits per heavy atom. The van der Waals surface area contributed by atoms with E-state index in [1.54, 1.807) is 4.57 Å². The summed E-state index contributed by atoms with van der Waals surface area (Å²) in [6.07, 6.45) is 0. The van der Waals surface area contributed by atoms with E-state index >= 15 is 0 Å². The van der Waals surface area contributed by atoms with E-state index in [1.807, 2.05) is 0 Å². The van der Waals surface area contributed by atoms with Gasteiger partial charge in [-0.15, -0.1) is 0 Å². The first-order valence-corrected chi connectivity index (χ1v) is 4.32. The zero-order chi connectivity index (χ0) is 10.1. The minimum Gasteiger partial charge on any atom is -0.476 e. The summed E-state index contributed by atoms with van der Waals surface area (Å²) in [5, 5.41) is 11.9. The molecule has 0 aromatic carbocycles. The van der Waals surface area contributed by atoms with Crippen molar-refractivity contribution in [3.8, 4) is 0 Å². The van der Waals surface area contributed by atoms with Gasteiger partial charge in [0.2, 0.25) is 0 Å². The van der Waals surface area contributed by atoms with Crippen LogP contribution in [0.4, 0.5) is 4.39 Å². The van der Waals surface area contributed by atoms with Crippen molar-refractivity contribution in [2.45, 2.75) is 19.8 Å². The summed E-state index contributed by atoms with van der Waals surface area (Å²) >= 11 is 0. The second-order valence-electron chi connectivity index (χ2n) is 3.09. The number of nitrogens with zero attached hydrogens (tertiary/aromatic N) is 2. The maximum Gasteiger partial charge on any atom is 0.356 e. The van der Waals surface area contributed by atoms with Crippen LogP contribution in [-0.2, 0) is 19.8 Å². The summed E-state index contributed by atoms with van der Waals surface area (Å²) in [5.74, 6) is -0.893. The number of halogens is 1. The lowest BCUT2D eigenvalue weighted by molar-refractivity contribution is 0.0689. The fourth-order valence-electron chi connectivity index (χ4n) is 1.65. The van der Waals surface area contributed by atoms with Crippen molar-refractivity contribution in [3.63, 3.8) is 0 Å². The third-order valence-electron chi connectivity index (χ3n) is 2.28. The lowest BCUT2D eigenvalue weighted by atomic mass is 10.3. The van der Waals surface area contributed by atoms with Crippen LogP contribution in [0.2, 0.25) is 0 Å². The Balaban J connectivity index is 2.52. The molecule has 0 spiro atoms. The molecule has 0 aliphatic carbocycles. The Morgan fingerprint density at radius 2 is 2.50 bits per heavy atom. The van der Waals surface area contributed by atoms with E-state index < -0.39 is 12.6 Å². The minimum atomic E-state index is -1.10. The van der Waals surface area contributed by atoms with Gasteiger partial charge in [0.15, 0.2) is 5.69 Å². The summed E-state index contributed by atoms with van der Waals surface area (Å²) in [7, 11) is 0. The fraction of sp³-hybridized carbons (Fsp3) is 0.500. The third-order valence-corrected chi connectivity index (χ3v) is 2.28. The molecule has 14 heavy (non-hydrogen) atoms. The highest BCUT2D eigenvalue weighted by Crippen LogP contribution is 2.15. The lowest BCUT2D eigenvalue weighted by Crippen LogP contribution is -2.29. The second kappa shape index (κ2) is 3.38. The summed E-state index contributed by atoms with van der Waals surface area (Å²) in [6.45, 7) is 1.01. The van der Waals surface area contributed by atoms with Gasteiger partial charge in [-0.3, -0.25) is 0 Å². The maximum absolute atomic E-state index is 12.5. The van der Waals surface area contributed by atoms with E-state index in [0.717, 1.165) is 6.54 Å². The molecule has 1 aromatic heterocycles. The molecule has 2 N–H and O–H groups in total. The summed E-state index contributed by atoms with van der Waals surface area (Å²) < 4.78 is 14.1. The largest absolute Gasteiger partial charge is 0.476 e. The van der Waals surface area contributed by atoms with E-state index in [0.29, 0.717) is 18.8 Å². The van der Waals surface area contributed by atoms with Gasteiger partial charge in [0.05, 0.1) is 5.69 Å². The first-order chi connectivity index (χ1) is 6.74. The second-order valence-corrected chi connectivity index (χ2v) is 3.09. The molecular formula is C8H10FN3O2. The topological polar surface area (TPSA) is 67.1 Å². The zero-order valence-electron chi connectivity index (χ0n) is 7.46. The Kier molecular flexibility index (Phi) is 2.20. The number of alkyl halides is 1. The maximum atomic E-state index is 12.5. The number of aromatic carboxylic acids is 1. The number of imidazole rings is 1.